The molecule has 1 aromatic rings. The van der Waals surface area contributed by atoms with Gasteiger partial charge in [0.1, 0.15) is 6.61 Å². The number of rotatable bonds is 12. The molecule has 0 unspecified atom stereocenters. The Kier molecular flexibility index (Phi) is 11.0. The number of hydrogen-bond donors (Lipinski definition) is 3. The van der Waals surface area contributed by atoms with Crippen LogP contribution in [0.15, 0.2) is 29.3 Å². The van der Waals surface area contributed by atoms with Crippen LogP contribution in [0.5, 0.6) is 0 Å². The summed E-state index contributed by atoms with van der Waals surface area (Å²) in [5.74, 6) is 0.654. The van der Waals surface area contributed by atoms with Crippen LogP contribution in [0, 0.1) is 0 Å². The minimum absolute atomic E-state index is 0.0533. The average molecular weight is 439 g/mol. The maximum atomic E-state index is 12.1. The lowest BCUT2D eigenvalue weighted by Gasteiger charge is -2.12. The van der Waals surface area contributed by atoms with Gasteiger partial charge in [-0.05, 0) is 31.4 Å². The van der Waals surface area contributed by atoms with Crippen LogP contribution in [0.3, 0.4) is 0 Å². The second kappa shape index (κ2) is 12.7. The molecule has 0 aromatic heterocycles. The van der Waals surface area contributed by atoms with Crippen LogP contribution < -0.4 is 15.4 Å². The Balaban J connectivity index is 2.43. The van der Waals surface area contributed by atoms with Gasteiger partial charge in [0, 0.05) is 19.6 Å². The molecule has 0 spiro atoms. The first-order valence-electron chi connectivity index (χ1n) is 9.37. The van der Waals surface area contributed by atoms with Crippen molar-refractivity contribution in [1.29, 1.82) is 0 Å². The van der Waals surface area contributed by atoms with Crippen molar-refractivity contribution in [2.24, 2.45) is 4.99 Å². The molecule has 0 saturated heterocycles. The van der Waals surface area contributed by atoms with Gasteiger partial charge in [-0.15, -0.1) is 0 Å². The summed E-state index contributed by atoms with van der Waals surface area (Å²) >= 11 is 0. The van der Waals surface area contributed by atoms with E-state index in [4.69, 9.17) is 0 Å². The topological polar surface area (TPSA) is 91.8 Å². The lowest BCUT2D eigenvalue weighted by Crippen LogP contribution is -2.38. The Morgan fingerprint density at radius 3 is 2.31 bits per heavy atom. The van der Waals surface area contributed by atoms with Gasteiger partial charge in [0.05, 0.1) is 18.9 Å². The maximum absolute atomic E-state index is 12.1. The van der Waals surface area contributed by atoms with E-state index in [1.807, 2.05) is 6.92 Å². The fourth-order valence-corrected chi connectivity index (χ4v) is 2.82. The number of nitrogens with zero attached hydrogens (tertiary/aromatic N) is 1. The first kappa shape index (κ1) is 25.2. The smallest absolute Gasteiger partial charge is 0.367 e. The molecule has 0 aliphatic heterocycles. The minimum atomic E-state index is -4.33. The lowest BCUT2D eigenvalue weighted by molar-refractivity contribution is -0.176. The number of alkyl halides is 3. The third-order valence-corrected chi connectivity index (χ3v) is 5.07. The maximum Gasteiger partial charge on any atom is 0.411 e. The van der Waals surface area contributed by atoms with E-state index in [-0.39, 0.29) is 12.4 Å². The highest BCUT2D eigenvalue weighted by atomic mass is 32.2. The van der Waals surface area contributed by atoms with Gasteiger partial charge in [0.2, 0.25) is 10.0 Å². The highest BCUT2D eigenvalue weighted by Gasteiger charge is 2.27. The van der Waals surface area contributed by atoms with Gasteiger partial charge in [-0.2, -0.15) is 13.2 Å². The number of sulfonamides is 1. The normalized spacial score (nSPS) is 12.8. The second-order valence-corrected chi connectivity index (χ2v) is 8.29. The molecule has 0 atom stereocenters. The molecule has 1 aromatic carbocycles. The van der Waals surface area contributed by atoms with E-state index in [0.717, 1.165) is 5.56 Å². The minimum Gasteiger partial charge on any atom is -0.367 e. The fraction of sp³-hybridized carbons (Fsp3) is 0.611. The molecule has 3 N–H and O–H groups in total. The van der Waals surface area contributed by atoms with Gasteiger partial charge in [0.25, 0.3) is 0 Å². The van der Waals surface area contributed by atoms with Crippen molar-refractivity contribution in [2.75, 3.05) is 32.0 Å². The molecule has 29 heavy (non-hydrogen) atoms. The van der Waals surface area contributed by atoms with Crippen LogP contribution in [0.2, 0.25) is 0 Å². The summed E-state index contributed by atoms with van der Waals surface area (Å²) in [7, 11) is -3.18. The van der Waals surface area contributed by atoms with Crippen LogP contribution in [0.25, 0.3) is 0 Å². The highest BCUT2D eigenvalue weighted by molar-refractivity contribution is 7.89. The summed E-state index contributed by atoms with van der Waals surface area (Å²) in [6, 6.07) is 7.00. The molecule has 166 valence electrons. The van der Waals surface area contributed by atoms with E-state index in [1.54, 1.807) is 31.2 Å². The second-order valence-electron chi connectivity index (χ2n) is 6.20. The Morgan fingerprint density at radius 2 is 1.72 bits per heavy atom. The van der Waals surface area contributed by atoms with Crippen LogP contribution in [-0.4, -0.2) is 52.5 Å². The predicted octanol–water partition coefficient (Wildman–Crippen LogP) is 2.15. The standard InChI is InChI=1S/C18H29F3N4O3S/c1-3-22-17(23-10-5-11-25-29(26,27)4-2)24-12-15-6-8-16(9-7-15)13-28-14-18(19,20)21/h6-9,25H,3-5,10-14H2,1-2H3,(H2,22,23,24). The molecular weight excluding hydrogens is 409 g/mol. The van der Waals surface area contributed by atoms with E-state index in [1.165, 1.54) is 0 Å². The number of benzene rings is 1. The lowest BCUT2D eigenvalue weighted by atomic mass is 10.1. The van der Waals surface area contributed by atoms with Gasteiger partial charge in [-0.1, -0.05) is 24.3 Å². The van der Waals surface area contributed by atoms with Crippen molar-refractivity contribution in [3.63, 3.8) is 0 Å². The molecule has 0 bridgehead atoms. The molecule has 0 aliphatic carbocycles. The molecule has 0 fully saturated rings. The molecule has 0 heterocycles. The summed E-state index contributed by atoms with van der Waals surface area (Å²) in [5, 5.41) is 6.22. The first-order valence-corrected chi connectivity index (χ1v) is 11.0. The van der Waals surface area contributed by atoms with E-state index >= 15 is 0 Å². The quantitative estimate of drug-likeness (QED) is 0.264. The van der Waals surface area contributed by atoms with Crippen molar-refractivity contribution in [3.8, 4) is 0 Å². The third kappa shape index (κ3) is 12.3. The Hall–Kier alpha value is -1.85. The number of hydrogen-bond acceptors (Lipinski definition) is 4. The van der Waals surface area contributed by atoms with Gasteiger partial charge in [-0.3, -0.25) is 0 Å². The summed E-state index contributed by atoms with van der Waals surface area (Å²) < 4.78 is 66.1. The van der Waals surface area contributed by atoms with E-state index in [9.17, 15) is 21.6 Å². The molecule has 1 rings (SSSR count). The van der Waals surface area contributed by atoms with Crippen LogP contribution in [-0.2, 0) is 27.9 Å². The molecular formula is C18H29F3N4O3S. The van der Waals surface area contributed by atoms with Crippen LogP contribution >= 0.6 is 0 Å². The van der Waals surface area contributed by atoms with Crippen molar-refractivity contribution < 1.29 is 26.3 Å². The first-order chi connectivity index (χ1) is 13.6. The van der Waals surface area contributed by atoms with Crippen LogP contribution in [0.1, 0.15) is 31.4 Å². The zero-order valence-corrected chi connectivity index (χ0v) is 17.5. The van der Waals surface area contributed by atoms with E-state index in [2.05, 4.69) is 25.1 Å². The zero-order valence-electron chi connectivity index (χ0n) is 16.7. The van der Waals surface area contributed by atoms with Gasteiger partial charge >= 0.3 is 6.18 Å². The summed E-state index contributed by atoms with van der Waals surface area (Å²) in [6.07, 6.45) is -3.72. The molecule has 11 heteroatoms. The fourth-order valence-electron chi connectivity index (χ4n) is 2.16. The molecule has 0 aliphatic rings. The Labute approximate surface area is 170 Å². The van der Waals surface area contributed by atoms with Crippen LogP contribution in [0.4, 0.5) is 13.2 Å². The Morgan fingerprint density at radius 1 is 1.07 bits per heavy atom. The molecule has 0 amide bonds. The molecule has 0 radical (unpaired) electrons. The average Bonchev–Trinajstić information content (AvgIpc) is 2.65. The monoisotopic (exact) mass is 438 g/mol. The number of guanidine groups is 1. The summed E-state index contributed by atoms with van der Waals surface area (Å²) in [5.41, 5.74) is 1.55. The SMILES string of the molecule is CCNC(=NCc1ccc(COCC(F)(F)F)cc1)NCCCNS(=O)(=O)CC. The number of ether oxygens (including phenoxy) is 1. The number of halogens is 3. The van der Waals surface area contributed by atoms with Crippen molar-refractivity contribution in [3.05, 3.63) is 35.4 Å². The zero-order chi connectivity index (χ0) is 21.8. The van der Waals surface area contributed by atoms with Crippen molar-refractivity contribution in [1.82, 2.24) is 15.4 Å². The number of aliphatic imine (C=N–C) groups is 1. The number of nitrogens with one attached hydrogen (secondary N) is 3. The van der Waals surface area contributed by atoms with Crippen molar-refractivity contribution in [2.45, 2.75) is 39.6 Å². The molecule has 7 nitrogen and oxygen atoms in total. The molecule has 0 saturated carbocycles. The van der Waals surface area contributed by atoms with Gasteiger partial charge in [-0.25, -0.2) is 18.1 Å². The van der Waals surface area contributed by atoms with Crippen molar-refractivity contribution >= 4 is 16.0 Å². The third-order valence-electron chi connectivity index (χ3n) is 3.67. The van der Waals surface area contributed by atoms with E-state index in [0.29, 0.717) is 44.1 Å². The largest absolute Gasteiger partial charge is 0.411 e. The highest BCUT2D eigenvalue weighted by Crippen LogP contribution is 2.16. The predicted molar refractivity (Wildman–Crippen MR) is 107 cm³/mol. The summed E-state index contributed by atoms with van der Waals surface area (Å²) in [4.78, 5) is 4.45. The summed E-state index contributed by atoms with van der Waals surface area (Å²) in [6.45, 7) is 4.10. The van der Waals surface area contributed by atoms with Gasteiger partial charge < -0.3 is 15.4 Å². The van der Waals surface area contributed by atoms with E-state index < -0.39 is 22.8 Å². The Bertz CT molecular complexity index is 723. The van der Waals surface area contributed by atoms with Gasteiger partial charge in [0.15, 0.2) is 5.96 Å².